The molecule has 0 aliphatic carbocycles. The molecule has 4 nitrogen and oxygen atoms in total. The maximum absolute atomic E-state index is 8.16. The average molecular weight is 291 g/mol. The molecule has 0 amide bonds. The molecule has 0 radical (unpaired) electrons. The zero-order valence-corrected chi connectivity index (χ0v) is 13.5. The zero-order chi connectivity index (χ0) is 15.7. The normalized spacial score (nSPS) is 19.9. The van der Waals surface area contributed by atoms with E-state index in [4.69, 9.17) is 20.4 Å². The minimum Gasteiger partial charge on any atom is -0.396 e. The second kappa shape index (κ2) is 15.6. The fraction of sp³-hybridized carbons (Fsp3) is 0.714. The molecule has 0 aromatic rings. The molecule has 0 aromatic heterocycles. The third-order valence-corrected chi connectivity index (χ3v) is 3.76. The number of aliphatic hydroxyl groups excluding tert-OH is 2. The van der Waals surface area contributed by atoms with Crippen LogP contribution in [-0.2, 0) is 8.85 Å². The minimum atomic E-state index is -1.72. The number of hydrogen-bond donors (Lipinski definition) is 2. The van der Waals surface area contributed by atoms with Gasteiger partial charge < -0.3 is 19.1 Å². The van der Waals surface area contributed by atoms with E-state index in [0.29, 0.717) is 13.3 Å². The van der Waals surface area contributed by atoms with Gasteiger partial charge in [0.1, 0.15) is 0 Å². The molecule has 0 spiro atoms. The van der Waals surface area contributed by atoms with Gasteiger partial charge in [0, 0.05) is 14.6 Å². The van der Waals surface area contributed by atoms with Crippen LogP contribution in [0.3, 0.4) is 0 Å². The van der Waals surface area contributed by atoms with Crippen molar-refractivity contribution in [3.05, 3.63) is 24.3 Å². The van der Waals surface area contributed by atoms with Crippen LogP contribution in [-0.4, -0.2) is 45.2 Å². The summed E-state index contributed by atoms with van der Waals surface area (Å²) >= 11 is 0. The lowest BCUT2D eigenvalue weighted by molar-refractivity contribution is 0.193. The smallest absolute Gasteiger partial charge is 0.331 e. The van der Waals surface area contributed by atoms with Crippen LogP contribution >= 0.6 is 0 Å². The van der Waals surface area contributed by atoms with E-state index in [0.717, 1.165) is 19.6 Å². The van der Waals surface area contributed by atoms with E-state index in [1.54, 1.807) is 19.1 Å². The Bertz CT molecular complexity index is 245. The number of hydrogen-bond acceptors (Lipinski definition) is 4. The highest BCUT2D eigenvalue weighted by molar-refractivity contribution is 6.64. The molecule has 0 saturated carbocycles. The first-order valence-corrected chi connectivity index (χ1v) is 9.44. The summed E-state index contributed by atoms with van der Waals surface area (Å²) in [4.78, 5) is 0. The summed E-state index contributed by atoms with van der Waals surface area (Å²) in [6.07, 6.45) is 9.18. The highest BCUT2D eigenvalue weighted by Gasteiger charge is 2.23. The Morgan fingerprint density at radius 2 is 1.95 bits per heavy atom. The van der Waals surface area contributed by atoms with Gasteiger partial charge in [-0.1, -0.05) is 38.1 Å². The number of rotatable bonds is 3. The molecule has 0 fully saturated rings. The Hall–Kier alpha value is -0.463. The van der Waals surface area contributed by atoms with Crippen LogP contribution in [0.1, 0.15) is 28.0 Å². The molecule has 1 rings (SSSR count). The summed E-state index contributed by atoms with van der Waals surface area (Å²) in [5.41, 5.74) is 0. The molecule has 2 N–H and O–H groups in total. The lowest BCUT2D eigenvalue weighted by Crippen LogP contribution is -2.35. The van der Waals surface area contributed by atoms with Crippen LogP contribution in [0.4, 0.5) is 0 Å². The fourth-order valence-electron chi connectivity index (χ4n) is 1.12. The fourth-order valence-corrected chi connectivity index (χ4v) is 2.31. The van der Waals surface area contributed by atoms with Gasteiger partial charge in [-0.25, -0.2) is 0 Å². The summed E-state index contributed by atoms with van der Waals surface area (Å²) in [5.74, 6) is 0. The predicted octanol–water partition coefficient (Wildman–Crippen LogP) is 2.62. The number of aliphatic hydroxyl groups is 2. The summed E-state index contributed by atoms with van der Waals surface area (Å²) in [7, 11) is -1.72. The Morgan fingerprint density at radius 1 is 1.26 bits per heavy atom. The van der Waals surface area contributed by atoms with Gasteiger partial charge in [0.15, 0.2) is 0 Å². The van der Waals surface area contributed by atoms with E-state index in [-0.39, 0.29) is 13.2 Å². The molecule has 114 valence electrons. The van der Waals surface area contributed by atoms with Gasteiger partial charge in [0.05, 0.1) is 13.2 Å². The molecule has 0 bridgehead atoms. The lowest BCUT2D eigenvalue weighted by Gasteiger charge is -2.22. The van der Waals surface area contributed by atoms with Gasteiger partial charge in [0.2, 0.25) is 0 Å². The largest absolute Gasteiger partial charge is 0.396 e. The first-order chi connectivity index (χ1) is 9.54. The molecule has 0 unspecified atom stereocenters. The molecular weight excluding hydrogens is 260 g/mol. The molecule has 0 atom stereocenters. The van der Waals surface area contributed by atoms with Crippen molar-refractivity contribution in [2.45, 2.75) is 39.8 Å². The summed E-state index contributed by atoms with van der Waals surface area (Å²) in [5, 5.41) is 16.3. The van der Waals surface area contributed by atoms with Crippen LogP contribution in [0, 0.1) is 0 Å². The van der Waals surface area contributed by atoms with Crippen molar-refractivity contribution in [3.8, 4) is 0 Å². The standard InChI is InChI=1S/C7H14O2Si.C5H10O2.C2H6/c1-10(2)8-6-4-3-5-7-9-10;6-4-2-1-3-5-7;1-2/h3-4H,5-7H2,1-2H3;1-2,6-7H,3-5H2;1-2H3/b4-3-;2-1-;/i;;1D. The van der Waals surface area contributed by atoms with Crippen molar-refractivity contribution in [1.82, 2.24) is 0 Å². The van der Waals surface area contributed by atoms with Crippen LogP contribution in [0.2, 0.25) is 13.1 Å². The molecular formula is C14H30O4Si. The van der Waals surface area contributed by atoms with Crippen molar-refractivity contribution in [2.75, 3.05) is 26.4 Å². The van der Waals surface area contributed by atoms with Crippen molar-refractivity contribution in [2.24, 2.45) is 0 Å². The predicted molar refractivity (Wildman–Crippen MR) is 82.4 cm³/mol. The first kappa shape index (κ1) is 18.5. The van der Waals surface area contributed by atoms with Gasteiger partial charge in [0.25, 0.3) is 0 Å². The summed E-state index contributed by atoms with van der Waals surface area (Å²) in [6, 6.07) is 0. The second-order valence-corrected chi connectivity index (χ2v) is 7.36. The average Bonchev–Trinajstić information content (AvgIpc) is 2.37. The molecule has 1 heterocycles. The van der Waals surface area contributed by atoms with Gasteiger partial charge >= 0.3 is 8.56 Å². The van der Waals surface area contributed by atoms with Crippen LogP contribution < -0.4 is 0 Å². The Kier molecular flexibility index (Phi) is 15.2. The SMILES string of the molecule is C[Si]1(C)OC/C=C\CCO1.OC/C=C\CCO.[2H]CC. The van der Waals surface area contributed by atoms with Crippen molar-refractivity contribution in [3.63, 3.8) is 0 Å². The van der Waals surface area contributed by atoms with Crippen LogP contribution in [0.25, 0.3) is 0 Å². The minimum absolute atomic E-state index is 0.0694. The van der Waals surface area contributed by atoms with Crippen molar-refractivity contribution < 1.29 is 20.4 Å². The molecule has 5 heteroatoms. The second-order valence-electron chi connectivity index (χ2n) is 3.99. The summed E-state index contributed by atoms with van der Waals surface area (Å²) in [6.45, 7) is 8.21. The lowest BCUT2D eigenvalue weighted by atomic mass is 10.4. The molecule has 0 saturated heterocycles. The monoisotopic (exact) mass is 291 g/mol. The quantitative estimate of drug-likeness (QED) is 0.620. The van der Waals surface area contributed by atoms with E-state index < -0.39 is 8.56 Å². The van der Waals surface area contributed by atoms with E-state index in [1.807, 2.05) is 0 Å². The van der Waals surface area contributed by atoms with Crippen LogP contribution in [0.15, 0.2) is 24.3 Å². The molecule has 1 aliphatic heterocycles. The Morgan fingerprint density at radius 3 is 2.53 bits per heavy atom. The van der Waals surface area contributed by atoms with Crippen LogP contribution in [0.5, 0.6) is 0 Å². The maximum atomic E-state index is 8.16. The van der Waals surface area contributed by atoms with Crippen molar-refractivity contribution in [1.29, 1.82) is 0 Å². The van der Waals surface area contributed by atoms with E-state index >= 15 is 0 Å². The van der Waals surface area contributed by atoms with Gasteiger partial charge in [-0.3, -0.25) is 0 Å². The third-order valence-electron chi connectivity index (χ3n) is 2.00. The maximum Gasteiger partial charge on any atom is 0.331 e. The summed E-state index contributed by atoms with van der Waals surface area (Å²) < 4.78 is 17.2. The van der Waals surface area contributed by atoms with E-state index in [2.05, 4.69) is 25.2 Å². The third kappa shape index (κ3) is 17.5. The molecule has 1 aliphatic rings. The highest BCUT2D eigenvalue weighted by atomic mass is 28.4. The van der Waals surface area contributed by atoms with Gasteiger partial charge in [-0.05, 0) is 25.9 Å². The topological polar surface area (TPSA) is 58.9 Å². The Labute approximate surface area is 120 Å². The molecule has 19 heavy (non-hydrogen) atoms. The van der Waals surface area contributed by atoms with E-state index in [9.17, 15) is 0 Å². The van der Waals surface area contributed by atoms with Crippen molar-refractivity contribution >= 4 is 8.56 Å². The van der Waals surface area contributed by atoms with Gasteiger partial charge in [-0.15, -0.1) is 0 Å². The zero-order valence-electron chi connectivity index (χ0n) is 13.5. The first-order valence-electron chi connectivity index (χ1n) is 7.33. The molecule has 0 aromatic carbocycles. The van der Waals surface area contributed by atoms with E-state index in [1.165, 1.54) is 0 Å². The highest BCUT2D eigenvalue weighted by Crippen LogP contribution is 2.08. The Balaban J connectivity index is 0. The van der Waals surface area contributed by atoms with Gasteiger partial charge in [-0.2, -0.15) is 0 Å².